The van der Waals surface area contributed by atoms with E-state index >= 15 is 0 Å². The summed E-state index contributed by atoms with van der Waals surface area (Å²) in [5.41, 5.74) is 1.03. The Morgan fingerprint density at radius 2 is 1.74 bits per heavy atom. The van der Waals surface area contributed by atoms with Crippen LogP contribution in [0.1, 0.15) is 95.5 Å². The van der Waals surface area contributed by atoms with E-state index in [9.17, 15) is 8.78 Å². The lowest BCUT2D eigenvalue weighted by Gasteiger charge is -2.36. The minimum Gasteiger partial charge on any atom is -0.204 e. The maximum Gasteiger partial charge on any atom is 0.159 e. The Bertz CT molecular complexity index is 598. The lowest BCUT2D eigenvalue weighted by Crippen LogP contribution is -2.23. The minimum absolute atomic E-state index is 0.383. The zero-order valence-electron chi connectivity index (χ0n) is 16.9. The number of hydrogen-bond acceptors (Lipinski definition) is 0. The summed E-state index contributed by atoms with van der Waals surface area (Å²) >= 11 is 0. The molecule has 1 aromatic carbocycles. The van der Waals surface area contributed by atoms with Crippen molar-refractivity contribution in [3.8, 4) is 0 Å². The van der Waals surface area contributed by atoms with Gasteiger partial charge in [0.05, 0.1) is 0 Å². The molecule has 2 aliphatic carbocycles. The normalized spacial score (nSPS) is 26.9. The first-order chi connectivity index (χ1) is 13.2. The fourth-order valence-corrected chi connectivity index (χ4v) is 5.34. The summed E-state index contributed by atoms with van der Waals surface area (Å²) in [6, 6.07) is 4.65. The fraction of sp³-hybridized carbons (Fsp3) is 0.680. The van der Waals surface area contributed by atoms with Gasteiger partial charge in [-0.1, -0.05) is 63.7 Å². The molecule has 2 aliphatic rings. The van der Waals surface area contributed by atoms with Gasteiger partial charge in [0.2, 0.25) is 0 Å². The molecular weight excluding hydrogens is 338 g/mol. The average Bonchev–Trinajstić information content (AvgIpc) is 2.70. The highest BCUT2D eigenvalue weighted by Gasteiger charge is 2.30. The molecule has 1 saturated carbocycles. The summed E-state index contributed by atoms with van der Waals surface area (Å²) in [5.74, 6) is 1.18. The zero-order valence-corrected chi connectivity index (χ0v) is 16.9. The van der Waals surface area contributed by atoms with Crippen molar-refractivity contribution in [3.05, 3.63) is 47.5 Å². The highest BCUT2D eigenvalue weighted by Crippen LogP contribution is 2.44. The van der Waals surface area contributed by atoms with Gasteiger partial charge in [-0.3, -0.25) is 0 Å². The van der Waals surface area contributed by atoms with E-state index in [4.69, 9.17) is 0 Å². The molecule has 2 unspecified atom stereocenters. The molecule has 0 nitrogen and oxygen atoms in total. The maximum absolute atomic E-state index is 13.9. The smallest absolute Gasteiger partial charge is 0.159 e. The quantitative estimate of drug-likeness (QED) is 0.318. The third-order valence-electron chi connectivity index (χ3n) is 7.01. The Balaban J connectivity index is 1.66. The summed E-state index contributed by atoms with van der Waals surface area (Å²) in [7, 11) is 0. The van der Waals surface area contributed by atoms with Crippen molar-refractivity contribution in [2.24, 2.45) is 17.8 Å². The van der Waals surface area contributed by atoms with Crippen LogP contribution in [0.5, 0.6) is 0 Å². The molecule has 0 aromatic heterocycles. The van der Waals surface area contributed by atoms with Crippen LogP contribution in [0.4, 0.5) is 8.78 Å². The molecule has 0 bridgehead atoms. The molecule has 2 heteroatoms. The van der Waals surface area contributed by atoms with Crippen LogP contribution in [0.15, 0.2) is 30.4 Å². The molecule has 0 amide bonds. The van der Waals surface area contributed by atoms with Gasteiger partial charge in [-0.15, -0.1) is 0 Å². The Morgan fingerprint density at radius 3 is 2.41 bits per heavy atom. The molecule has 150 valence electrons. The second kappa shape index (κ2) is 10.4. The van der Waals surface area contributed by atoms with Crippen molar-refractivity contribution in [1.29, 1.82) is 0 Å². The summed E-state index contributed by atoms with van der Waals surface area (Å²) in [6.07, 6.45) is 19.8. The maximum atomic E-state index is 13.9. The van der Waals surface area contributed by atoms with Crippen LogP contribution in [-0.4, -0.2) is 0 Å². The van der Waals surface area contributed by atoms with Crippen LogP contribution in [0.25, 0.3) is 0 Å². The van der Waals surface area contributed by atoms with Crippen molar-refractivity contribution in [2.45, 2.75) is 89.9 Å². The van der Waals surface area contributed by atoms with Crippen LogP contribution in [-0.2, 0) is 0 Å². The zero-order chi connectivity index (χ0) is 19.1. The van der Waals surface area contributed by atoms with Crippen molar-refractivity contribution in [3.63, 3.8) is 0 Å². The van der Waals surface area contributed by atoms with Crippen molar-refractivity contribution < 1.29 is 8.78 Å². The molecule has 0 radical (unpaired) electrons. The van der Waals surface area contributed by atoms with Gasteiger partial charge in [0.1, 0.15) is 0 Å². The third-order valence-corrected chi connectivity index (χ3v) is 7.01. The van der Waals surface area contributed by atoms with E-state index in [-0.39, 0.29) is 0 Å². The average molecular weight is 375 g/mol. The summed E-state index contributed by atoms with van der Waals surface area (Å²) in [6.45, 7) is 2.27. The first-order valence-electron chi connectivity index (χ1n) is 11.3. The molecular formula is C25H36F2. The van der Waals surface area contributed by atoms with E-state index in [1.54, 1.807) is 0 Å². The third kappa shape index (κ3) is 5.90. The number of rotatable bonds is 8. The van der Waals surface area contributed by atoms with Gasteiger partial charge in [0, 0.05) is 0 Å². The van der Waals surface area contributed by atoms with Crippen LogP contribution < -0.4 is 0 Å². The van der Waals surface area contributed by atoms with Gasteiger partial charge in [-0.25, -0.2) is 8.78 Å². The SMILES string of the molecule is CCCCCC1CCC(C(CC2CC=CCC2)c2ccc(F)c(F)c2)CC1. The Hall–Kier alpha value is -1.18. The second-order valence-electron chi connectivity index (χ2n) is 8.94. The Kier molecular flexibility index (Phi) is 7.91. The highest BCUT2D eigenvalue weighted by molar-refractivity contribution is 5.23. The molecule has 1 fully saturated rings. The minimum atomic E-state index is -0.724. The number of allylic oxidation sites excluding steroid dienone is 2. The monoisotopic (exact) mass is 374 g/mol. The van der Waals surface area contributed by atoms with Gasteiger partial charge in [-0.05, 0) is 79.9 Å². The van der Waals surface area contributed by atoms with Gasteiger partial charge in [0.25, 0.3) is 0 Å². The van der Waals surface area contributed by atoms with E-state index in [0.29, 0.717) is 17.8 Å². The highest BCUT2D eigenvalue weighted by atomic mass is 19.2. The first kappa shape index (κ1) is 20.6. The van der Waals surface area contributed by atoms with Gasteiger partial charge in [-0.2, -0.15) is 0 Å². The lowest BCUT2D eigenvalue weighted by atomic mass is 9.69. The van der Waals surface area contributed by atoms with Crippen LogP contribution in [0.3, 0.4) is 0 Å². The topological polar surface area (TPSA) is 0 Å². The Morgan fingerprint density at radius 1 is 0.926 bits per heavy atom. The molecule has 0 spiro atoms. The van der Waals surface area contributed by atoms with Crippen molar-refractivity contribution in [2.75, 3.05) is 0 Å². The fourth-order valence-electron chi connectivity index (χ4n) is 5.34. The molecule has 1 aromatic rings. The van der Waals surface area contributed by atoms with Crippen LogP contribution >= 0.6 is 0 Å². The molecule has 0 N–H and O–H groups in total. The van der Waals surface area contributed by atoms with E-state index < -0.39 is 11.6 Å². The summed E-state index contributed by atoms with van der Waals surface area (Å²) < 4.78 is 27.4. The number of hydrogen-bond donors (Lipinski definition) is 0. The predicted octanol–water partition coefficient (Wildman–Crippen LogP) is 8.18. The standard InChI is InChI=1S/C25H36F2/c1-2-3-5-8-19-11-13-21(14-12-19)23(17-20-9-6-4-7-10-20)22-15-16-24(26)25(27)18-22/h4,6,15-16,18-21,23H,2-3,5,7-14,17H2,1H3. The molecule has 2 atom stereocenters. The Labute approximate surface area is 164 Å². The predicted molar refractivity (Wildman–Crippen MR) is 110 cm³/mol. The van der Waals surface area contributed by atoms with Crippen molar-refractivity contribution in [1.82, 2.24) is 0 Å². The molecule has 0 aliphatic heterocycles. The van der Waals surface area contributed by atoms with E-state index in [2.05, 4.69) is 19.1 Å². The van der Waals surface area contributed by atoms with Gasteiger partial charge < -0.3 is 0 Å². The summed E-state index contributed by atoms with van der Waals surface area (Å²) in [4.78, 5) is 0. The second-order valence-corrected chi connectivity index (χ2v) is 8.94. The van der Waals surface area contributed by atoms with Crippen molar-refractivity contribution >= 4 is 0 Å². The molecule has 0 saturated heterocycles. The van der Waals surface area contributed by atoms with E-state index in [1.165, 1.54) is 76.3 Å². The van der Waals surface area contributed by atoms with E-state index in [0.717, 1.165) is 24.3 Å². The summed E-state index contributed by atoms with van der Waals surface area (Å²) in [5, 5.41) is 0. The number of benzene rings is 1. The van der Waals surface area contributed by atoms with Crippen LogP contribution in [0.2, 0.25) is 0 Å². The molecule has 0 heterocycles. The first-order valence-corrected chi connectivity index (χ1v) is 11.3. The molecule has 3 rings (SSSR count). The largest absolute Gasteiger partial charge is 0.204 e. The van der Waals surface area contributed by atoms with Gasteiger partial charge >= 0.3 is 0 Å². The van der Waals surface area contributed by atoms with Gasteiger partial charge in [0.15, 0.2) is 11.6 Å². The van der Waals surface area contributed by atoms with E-state index in [1.807, 2.05) is 6.07 Å². The van der Waals surface area contributed by atoms with Crippen LogP contribution in [0, 0.1) is 29.4 Å². The molecule has 27 heavy (non-hydrogen) atoms. The number of unbranched alkanes of at least 4 members (excludes halogenated alkanes) is 2. The lowest BCUT2D eigenvalue weighted by molar-refractivity contribution is 0.209. The number of halogens is 2.